The highest BCUT2D eigenvalue weighted by molar-refractivity contribution is 5.15. The van der Waals surface area contributed by atoms with Gasteiger partial charge in [-0.3, -0.25) is 4.68 Å². The van der Waals surface area contributed by atoms with E-state index in [-0.39, 0.29) is 19.1 Å². The maximum Gasteiger partial charge on any atom is 0.109 e. The molecular formula is C10H16N2O4. The predicted octanol–water partition coefficient (Wildman–Crippen LogP) is -1.38. The summed E-state index contributed by atoms with van der Waals surface area (Å²) in [6.45, 7) is -0.0207. The molecule has 0 spiro atoms. The Kier molecular flexibility index (Phi) is 3.25. The van der Waals surface area contributed by atoms with Crippen molar-refractivity contribution in [1.82, 2.24) is 9.78 Å². The Hall–Kier alpha value is -0.950. The van der Waals surface area contributed by atoms with Crippen molar-refractivity contribution in [1.29, 1.82) is 0 Å². The fourth-order valence-electron chi connectivity index (χ4n) is 1.97. The first kappa shape index (κ1) is 11.5. The standard InChI is InChI=1S/C10H16N2O4/c1-12-3-6(2-11-12)7-5-16-8(4-13)10(15)9(7)14/h2-3,7-10,13-15H,4-5H2,1H3/t7-,8+,9+,10-/m0/s1. The summed E-state index contributed by atoms with van der Waals surface area (Å²) in [6, 6.07) is 0. The van der Waals surface area contributed by atoms with Crippen molar-refractivity contribution in [3.63, 3.8) is 0 Å². The topological polar surface area (TPSA) is 87.7 Å². The SMILES string of the molecule is Cn1cc([C@@H]2CO[C@H](CO)[C@H](O)[C@@H]2O)cn1. The van der Waals surface area contributed by atoms with Gasteiger partial charge in [0.15, 0.2) is 0 Å². The predicted molar refractivity (Wildman–Crippen MR) is 54.8 cm³/mol. The number of hydrogen-bond acceptors (Lipinski definition) is 5. The number of aromatic nitrogens is 2. The molecule has 0 aromatic carbocycles. The molecule has 0 unspecified atom stereocenters. The molecule has 16 heavy (non-hydrogen) atoms. The molecule has 2 heterocycles. The summed E-state index contributed by atoms with van der Waals surface area (Å²) in [5, 5.41) is 32.6. The minimum atomic E-state index is -1.07. The van der Waals surface area contributed by atoms with E-state index in [0.717, 1.165) is 5.56 Å². The Balaban J connectivity index is 2.13. The van der Waals surface area contributed by atoms with Crippen LogP contribution in [0.3, 0.4) is 0 Å². The van der Waals surface area contributed by atoms with Crippen molar-refractivity contribution in [3.05, 3.63) is 18.0 Å². The Bertz CT molecular complexity index is 354. The largest absolute Gasteiger partial charge is 0.394 e. The summed E-state index contributed by atoms with van der Waals surface area (Å²) < 4.78 is 6.92. The van der Waals surface area contributed by atoms with Gasteiger partial charge in [0.25, 0.3) is 0 Å². The van der Waals surface area contributed by atoms with Gasteiger partial charge in [-0.1, -0.05) is 0 Å². The van der Waals surface area contributed by atoms with Crippen LogP contribution in [-0.4, -0.2) is 56.6 Å². The van der Waals surface area contributed by atoms with Gasteiger partial charge >= 0.3 is 0 Å². The highest BCUT2D eigenvalue weighted by Crippen LogP contribution is 2.28. The van der Waals surface area contributed by atoms with Crippen molar-refractivity contribution in [2.24, 2.45) is 7.05 Å². The molecule has 0 saturated carbocycles. The number of nitrogens with zero attached hydrogens (tertiary/aromatic N) is 2. The Morgan fingerprint density at radius 1 is 1.50 bits per heavy atom. The molecule has 0 amide bonds. The van der Waals surface area contributed by atoms with E-state index in [1.54, 1.807) is 24.1 Å². The Labute approximate surface area is 93.1 Å². The van der Waals surface area contributed by atoms with E-state index >= 15 is 0 Å². The van der Waals surface area contributed by atoms with Crippen LogP contribution < -0.4 is 0 Å². The van der Waals surface area contributed by atoms with Gasteiger partial charge in [0.1, 0.15) is 12.2 Å². The lowest BCUT2D eigenvalue weighted by atomic mass is 9.88. The van der Waals surface area contributed by atoms with E-state index in [1.165, 1.54) is 0 Å². The minimum Gasteiger partial charge on any atom is -0.394 e. The van der Waals surface area contributed by atoms with Gasteiger partial charge in [-0.2, -0.15) is 5.10 Å². The van der Waals surface area contributed by atoms with E-state index in [0.29, 0.717) is 0 Å². The lowest BCUT2D eigenvalue weighted by Gasteiger charge is -2.36. The molecule has 0 aliphatic carbocycles. The van der Waals surface area contributed by atoms with Crippen molar-refractivity contribution in [3.8, 4) is 0 Å². The first-order valence-corrected chi connectivity index (χ1v) is 5.20. The summed E-state index contributed by atoms with van der Waals surface area (Å²) >= 11 is 0. The molecule has 1 aromatic rings. The van der Waals surface area contributed by atoms with Gasteiger partial charge in [-0.25, -0.2) is 0 Å². The number of hydrogen-bond donors (Lipinski definition) is 3. The quantitative estimate of drug-likeness (QED) is 0.580. The van der Waals surface area contributed by atoms with E-state index in [1.807, 2.05) is 0 Å². The zero-order chi connectivity index (χ0) is 11.7. The van der Waals surface area contributed by atoms with Crippen LogP contribution >= 0.6 is 0 Å². The fourth-order valence-corrected chi connectivity index (χ4v) is 1.97. The summed E-state index contributed by atoms with van der Waals surface area (Å²) in [7, 11) is 1.78. The smallest absolute Gasteiger partial charge is 0.109 e. The van der Waals surface area contributed by atoms with Gasteiger partial charge in [0.2, 0.25) is 0 Å². The molecule has 1 aliphatic heterocycles. The third-order valence-electron chi connectivity index (χ3n) is 2.97. The van der Waals surface area contributed by atoms with Crippen molar-refractivity contribution < 1.29 is 20.1 Å². The number of aryl methyl sites for hydroxylation is 1. The number of ether oxygens (including phenoxy) is 1. The van der Waals surface area contributed by atoms with Crippen LogP contribution in [-0.2, 0) is 11.8 Å². The maximum atomic E-state index is 9.92. The van der Waals surface area contributed by atoms with Crippen LogP contribution in [0.2, 0.25) is 0 Å². The lowest BCUT2D eigenvalue weighted by Crippen LogP contribution is -2.50. The zero-order valence-electron chi connectivity index (χ0n) is 9.02. The average molecular weight is 228 g/mol. The van der Waals surface area contributed by atoms with Crippen LogP contribution in [0.15, 0.2) is 12.4 Å². The third kappa shape index (κ3) is 1.97. The number of aliphatic hydroxyl groups is 3. The average Bonchev–Trinajstić information content (AvgIpc) is 2.69. The van der Waals surface area contributed by atoms with E-state index in [2.05, 4.69) is 5.10 Å². The molecule has 1 aliphatic rings. The van der Waals surface area contributed by atoms with Crippen LogP contribution in [0, 0.1) is 0 Å². The molecular weight excluding hydrogens is 212 g/mol. The van der Waals surface area contributed by atoms with Crippen molar-refractivity contribution >= 4 is 0 Å². The van der Waals surface area contributed by atoms with Gasteiger partial charge in [-0.15, -0.1) is 0 Å². The van der Waals surface area contributed by atoms with E-state index < -0.39 is 18.3 Å². The third-order valence-corrected chi connectivity index (χ3v) is 2.97. The second-order valence-electron chi connectivity index (χ2n) is 4.09. The highest BCUT2D eigenvalue weighted by Gasteiger charge is 2.39. The molecule has 0 radical (unpaired) electrons. The molecule has 1 fully saturated rings. The molecule has 1 saturated heterocycles. The Morgan fingerprint density at radius 2 is 2.25 bits per heavy atom. The van der Waals surface area contributed by atoms with Gasteiger partial charge in [0, 0.05) is 19.2 Å². The summed E-state index contributed by atoms with van der Waals surface area (Å²) in [6.07, 6.45) is 0.717. The molecule has 2 rings (SSSR count). The molecule has 90 valence electrons. The van der Waals surface area contributed by atoms with Gasteiger partial charge in [0.05, 0.1) is 25.5 Å². The van der Waals surface area contributed by atoms with E-state index in [4.69, 9.17) is 9.84 Å². The summed E-state index contributed by atoms with van der Waals surface area (Å²) in [4.78, 5) is 0. The second-order valence-corrected chi connectivity index (χ2v) is 4.09. The zero-order valence-corrected chi connectivity index (χ0v) is 9.02. The minimum absolute atomic E-state index is 0.273. The highest BCUT2D eigenvalue weighted by atomic mass is 16.5. The summed E-state index contributed by atoms with van der Waals surface area (Å²) in [5.74, 6) is -0.300. The number of aliphatic hydroxyl groups excluding tert-OH is 3. The molecule has 6 nitrogen and oxygen atoms in total. The van der Waals surface area contributed by atoms with Crippen molar-refractivity contribution in [2.75, 3.05) is 13.2 Å². The summed E-state index contributed by atoms with van der Waals surface area (Å²) in [5.41, 5.74) is 0.824. The fraction of sp³-hybridized carbons (Fsp3) is 0.700. The first-order valence-electron chi connectivity index (χ1n) is 5.20. The van der Waals surface area contributed by atoms with Gasteiger partial charge < -0.3 is 20.1 Å². The molecule has 1 aromatic heterocycles. The van der Waals surface area contributed by atoms with Crippen LogP contribution in [0.4, 0.5) is 0 Å². The monoisotopic (exact) mass is 228 g/mol. The molecule has 3 N–H and O–H groups in total. The van der Waals surface area contributed by atoms with Gasteiger partial charge in [-0.05, 0) is 5.56 Å². The van der Waals surface area contributed by atoms with Crippen LogP contribution in [0.5, 0.6) is 0 Å². The molecule has 6 heteroatoms. The van der Waals surface area contributed by atoms with Crippen LogP contribution in [0.25, 0.3) is 0 Å². The maximum absolute atomic E-state index is 9.92. The lowest BCUT2D eigenvalue weighted by molar-refractivity contribution is -0.158. The molecule has 4 atom stereocenters. The number of rotatable bonds is 2. The van der Waals surface area contributed by atoms with E-state index in [9.17, 15) is 10.2 Å². The Morgan fingerprint density at radius 3 is 2.81 bits per heavy atom. The first-order chi connectivity index (χ1) is 7.63. The second kappa shape index (κ2) is 4.50. The normalized spacial score (nSPS) is 35.2. The van der Waals surface area contributed by atoms with Crippen LogP contribution in [0.1, 0.15) is 11.5 Å². The van der Waals surface area contributed by atoms with Crippen molar-refractivity contribution in [2.45, 2.75) is 24.2 Å². The molecule has 0 bridgehead atoms.